The number of carbonyl (C=O) groups excluding carboxylic acids is 2. The largest absolute Gasteiger partial charge is 0.573 e. The van der Waals surface area contributed by atoms with Gasteiger partial charge in [-0.25, -0.2) is 0 Å². The highest BCUT2D eigenvalue weighted by molar-refractivity contribution is 6.15. The third kappa shape index (κ3) is 4.05. The summed E-state index contributed by atoms with van der Waals surface area (Å²) in [4.78, 5) is 24.3. The molecule has 2 N–H and O–H groups in total. The standard InChI is InChI=1S/C17H13F3N2O4/c1-9-2-7-13-12(8-9)22-16(24)14(25-13)15(23)21-10-3-5-11(6-4-10)26-17(18,19)20/h2-8,14H,1H3,(H,21,23)(H,22,24). The van der Waals surface area contributed by atoms with Crippen LogP contribution in [0.5, 0.6) is 11.5 Å². The molecular formula is C17H13F3N2O4. The predicted molar refractivity (Wildman–Crippen MR) is 86.0 cm³/mol. The van der Waals surface area contributed by atoms with E-state index >= 15 is 0 Å². The molecule has 1 aliphatic heterocycles. The molecule has 1 aliphatic rings. The van der Waals surface area contributed by atoms with E-state index in [2.05, 4.69) is 15.4 Å². The Morgan fingerprint density at radius 3 is 2.54 bits per heavy atom. The number of halogens is 3. The van der Waals surface area contributed by atoms with E-state index in [1.54, 1.807) is 18.2 Å². The van der Waals surface area contributed by atoms with Crippen molar-refractivity contribution in [2.45, 2.75) is 19.4 Å². The van der Waals surface area contributed by atoms with Gasteiger partial charge in [0, 0.05) is 5.69 Å². The molecular weight excluding hydrogens is 353 g/mol. The predicted octanol–water partition coefficient (Wildman–Crippen LogP) is 3.23. The van der Waals surface area contributed by atoms with Crippen molar-refractivity contribution in [2.24, 2.45) is 0 Å². The Hall–Kier alpha value is -3.23. The van der Waals surface area contributed by atoms with Crippen molar-refractivity contribution in [2.75, 3.05) is 10.6 Å². The smallest absolute Gasteiger partial charge is 0.468 e. The maximum atomic E-state index is 12.3. The van der Waals surface area contributed by atoms with Gasteiger partial charge in [-0.15, -0.1) is 13.2 Å². The molecule has 1 atom stereocenters. The van der Waals surface area contributed by atoms with Gasteiger partial charge in [0.1, 0.15) is 11.5 Å². The zero-order valence-corrected chi connectivity index (χ0v) is 13.4. The van der Waals surface area contributed by atoms with Gasteiger partial charge in [0.2, 0.25) is 0 Å². The quantitative estimate of drug-likeness (QED) is 0.818. The number of amides is 2. The number of hydrogen-bond acceptors (Lipinski definition) is 4. The zero-order chi connectivity index (χ0) is 18.9. The fourth-order valence-electron chi connectivity index (χ4n) is 2.34. The minimum Gasteiger partial charge on any atom is -0.468 e. The second-order valence-electron chi connectivity index (χ2n) is 5.55. The molecule has 2 aromatic carbocycles. The van der Waals surface area contributed by atoms with Gasteiger partial charge in [-0.3, -0.25) is 9.59 Å². The average Bonchev–Trinajstić information content (AvgIpc) is 2.54. The molecule has 2 amide bonds. The number of aryl methyl sites for hydroxylation is 1. The summed E-state index contributed by atoms with van der Waals surface area (Å²) < 4.78 is 45.6. The minimum atomic E-state index is -4.80. The van der Waals surface area contributed by atoms with Crippen LogP contribution in [0.4, 0.5) is 24.5 Å². The summed E-state index contributed by atoms with van der Waals surface area (Å²) in [6.45, 7) is 1.84. The highest BCUT2D eigenvalue weighted by Crippen LogP contribution is 2.31. The molecule has 0 saturated heterocycles. The first-order valence-electron chi connectivity index (χ1n) is 7.46. The van der Waals surface area contributed by atoms with Crippen LogP contribution in [0.1, 0.15) is 5.56 Å². The number of alkyl halides is 3. The monoisotopic (exact) mass is 366 g/mol. The van der Waals surface area contributed by atoms with E-state index in [1.807, 2.05) is 6.92 Å². The highest BCUT2D eigenvalue weighted by Gasteiger charge is 2.34. The van der Waals surface area contributed by atoms with E-state index in [1.165, 1.54) is 12.1 Å². The Bertz CT molecular complexity index is 850. The lowest BCUT2D eigenvalue weighted by Gasteiger charge is -2.25. The lowest BCUT2D eigenvalue weighted by atomic mass is 10.1. The van der Waals surface area contributed by atoms with Crippen LogP contribution < -0.4 is 20.1 Å². The summed E-state index contributed by atoms with van der Waals surface area (Å²) in [5, 5.41) is 5.00. The van der Waals surface area contributed by atoms with Crippen LogP contribution >= 0.6 is 0 Å². The fourth-order valence-corrected chi connectivity index (χ4v) is 2.34. The van der Waals surface area contributed by atoms with Crippen molar-refractivity contribution in [1.29, 1.82) is 0 Å². The Morgan fingerprint density at radius 2 is 1.88 bits per heavy atom. The maximum Gasteiger partial charge on any atom is 0.573 e. The van der Waals surface area contributed by atoms with Crippen molar-refractivity contribution < 1.29 is 32.2 Å². The van der Waals surface area contributed by atoms with Gasteiger partial charge in [-0.2, -0.15) is 0 Å². The van der Waals surface area contributed by atoms with E-state index < -0.39 is 30.0 Å². The second-order valence-corrected chi connectivity index (χ2v) is 5.55. The summed E-state index contributed by atoms with van der Waals surface area (Å²) >= 11 is 0. The van der Waals surface area contributed by atoms with Crippen LogP contribution in [-0.2, 0) is 9.59 Å². The summed E-state index contributed by atoms with van der Waals surface area (Å²) in [6, 6.07) is 9.64. The Morgan fingerprint density at radius 1 is 1.19 bits per heavy atom. The molecule has 0 spiro atoms. The van der Waals surface area contributed by atoms with E-state index in [0.29, 0.717) is 11.4 Å². The summed E-state index contributed by atoms with van der Waals surface area (Å²) in [5.41, 5.74) is 1.57. The minimum absolute atomic E-state index is 0.190. The van der Waals surface area contributed by atoms with Crippen LogP contribution in [0.3, 0.4) is 0 Å². The van der Waals surface area contributed by atoms with Gasteiger partial charge in [0.25, 0.3) is 17.9 Å². The van der Waals surface area contributed by atoms with Gasteiger partial charge >= 0.3 is 6.36 Å². The Kier molecular flexibility index (Phi) is 4.45. The number of ether oxygens (including phenoxy) is 2. The number of benzene rings is 2. The molecule has 6 nitrogen and oxygen atoms in total. The topological polar surface area (TPSA) is 76.7 Å². The van der Waals surface area contributed by atoms with Gasteiger partial charge < -0.3 is 20.1 Å². The number of hydrogen-bond donors (Lipinski definition) is 2. The van der Waals surface area contributed by atoms with Crippen molar-refractivity contribution in [1.82, 2.24) is 0 Å². The molecule has 9 heteroatoms. The van der Waals surface area contributed by atoms with E-state index in [-0.39, 0.29) is 5.69 Å². The SMILES string of the molecule is Cc1ccc2c(c1)NC(=O)C(C(=O)Nc1ccc(OC(F)(F)F)cc1)O2. The number of fused-ring (bicyclic) bond motifs is 1. The van der Waals surface area contributed by atoms with Gasteiger partial charge in [-0.05, 0) is 48.9 Å². The van der Waals surface area contributed by atoms with Crippen molar-refractivity contribution in [3.8, 4) is 11.5 Å². The number of rotatable bonds is 3. The average molecular weight is 366 g/mol. The molecule has 136 valence electrons. The molecule has 0 saturated carbocycles. The first-order chi connectivity index (χ1) is 12.2. The highest BCUT2D eigenvalue weighted by atomic mass is 19.4. The number of nitrogens with one attached hydrogen (secondary N) is 2. The molecule has 1 unspecified atom stereocenters. The van der Waals surface area contributed by atoms with Gasteiger partial charge in [-0.1, -0.05) is 6.07 Å². The van der Waals surface area contributed by atoms with Crippen LogP contribution in [0.25, 0.3) is 0 Å². The van der Waals surface area contributed by atoms with Crippen LogP contribution in [0.15, 0.2) is 42.5 Å². The first kappa shape index (κ1) is 17.6. The second kappa shape index (κ2) is 6.58. The third-order valence-corrected chi connectivity index (χ3v) is 3.47. The van der Waals surface area contributed by atoms with E-state index in [9.17, 15) is 22.8 Å². The van der Waals surface area contributed by atoms with Crippen LogP contribution in [-0.4, -0.2) is 24.3 Å². The molecule has 0 radical (unpaired) electrons. The maximum absolute atomic E-state index is 12.3. The van der Waals surface area contributed by atoms with E-state index in [0.717, 1.165) is 17.7 Å². The summed E-state index contributed by atoms with van der Waals surface area (Å²) in [6.07, 6.45) is -6.22. The fraction of sp³-hybridized carbons (Fsp3) is 0.176. The molecule has 0 aliphatic carbocycles. The third-order valence-electron chi connectivity index (χ3n) is 3.47. The first-order valence-corrected chi connectivity index (χ1v) is 7.46. The van der Waals surface area contributed by atoms with E-state index in [4.69, 9.17) is 4.74 Å². The lowest BCUT2D eigenvalue weighted by Crippen LogP contribution is -2.45. The Balaban J connectivity index is 1.68. The summed E-state index contributed by atoms with van der Waals surface area (Å²) in [5.74, 6) is -1.47. The molecule has 0 bridgehead atoms. The molecule has 1 heterocycles. The lowest BCUT2D eigenvalue weighted by molar-refractivity contribution is -0.274. The molecule has 2 aromatic rings. The molecule has 0 fully saturated rings. The zero-order valence-electron chi connectivity index (χ0n) is 13.4. The molecule has 26 heavy (non-hydrogen) atoms. The Labute approximate surface area is 145 Å². The van der Waals surface area contributed by atoms with Gasteiger partial charge in [0.15, 0.2) is 0 Å². The normalized spacial score (nSPS) is 16.2. The van der Waals surface area contributed by atoms with Crippen molar-refractivity contribution in [3.63, 3.8) is 0 Å². The summed E-state index contributed by atoms with van der Waals surface area (Å²) in [7, 11) is 0. The van der Waals surface area contributed by atoms with Crippen LogP contribution in [0, 0.1) is 6.92 Å². The van der Waals surface area contributed by atoms with Gasteiger partial charge in [0.05, 0.1) is 5.69 Å². The number of carbonyl (C=O) groups is 2. The number of anilines is 2. The van der Waals surface area contributed by atoms with Crippen molar-refractivity contribution in [3.05, 3.63) is 48.0 Å². The van der Waals surface area contributed by atoms with Crippen molar-refractivity contribution >= 4 is 23.2 Å². The molecule has 3 rings (SSSR count). The van der Waals surface area contributed by atoms with Crippen LogP contribution in [0.2, 0.25) is 0 Å². The molecule has 0 aromatic heterocycles.